The smallest absolute Gasteiger partial charge is 0.256 e. The van der Waals surface area contributed by atoms with Gasteiger partial charge in [0.15, 0.2) is 0 Å². The summed E-state index contributed by atoms with van der Waals surface area (Å²) in [5, 5.41) is 2.94. The van der Waals surface area contributed by atoms with Crippen LogP contribution in [-0.2, 0) is 0 Å². The Hall–Kier alpha value is -1.50. The third-order valence-electron chi connectivity index (χ3n) is 2.70. The maximum absolute atomic E-state index is 13.4. The Balaban J connectivity index is 2.33. The summed E-state index contributed by atoms with van der Waals surface area (Å²) >= 11 is 13.9. The third-order valence-corrected chi connectivity index (χ3v) is 4.07. The number of hydrogen-bond acceptors (Lipinski definition) is 2. The van der Waals surface area contributed by atoms with Crippen LogP contribution in [0.2, 0.25) is 5.02 Å². The van der Waals surface area contributed by atoms with Crippen molar-refractivity contribution < 1.29 is 9.18 Å². The first-order valence-corrected chi connectivity index (χ1v) is 7.33. The molecule has 0 heterocycles. The van der Waals surface area contributed by atoms with Gasteiger partial charge in [-0.25, -0.2) is 4.39 Å². The molecule has 3 nitrogen and oxygen atoms in total. The van der Waals surface area contributed by atoms with E-state index in [0.717, 1.165) is 0 Å². The summed E-state index contributed by atoms with van der Waals surface area (Å²) in [4.78, 5) is 12.4. The van der Waals surface area contributed by atoms with Crippen molar-refractivity contribution in [3.63, 3.8) is 0 Å². The van der Waals surface area contributed by atoms with Crippen molar-refractivity contribution in [1.29, 1.82) is 0 Å². The van der Waals surface area contributed by atoms with Crippen molar-refractivity contribution in [1.82, 2.24) is 0 Å². The Kier molecular flexibility index (Phi) is 4.92. The molecule has 0 spiro atoms. The van der Waals surface area contributed by atoms with Crippen LogP contribution in [0.3, 0.4) is 0 Å². The minimum Gasteiger partial charge on any atom is -0.389 e. The molecule has 0 unspecified atom stereocenters. The third kappa shape index (κ3) is 3.58. The first-order valence-electron chi connectivity index (χ1n) is 5.75. The van der Waals surface area contributed by atoms with Crippen LogP contribution in [0.25, 0.3) is 0 Å². The van der Waals surface area contributed by atoms with E-state index in [9.17, 15) is 9.18 Å². The Morgan fingerprint density at radius 2 is 2.05 bits per heavy atom. The maximum Gasteiger partial charge on any atom is 0.256 e. The summed E-state index contributed by atoms with van der Waals surface area (Å²) in [5.41, 5.74) is 6.62. The number of benzene rings is 2. The van der Waals surface area contributed by atoms with Crippen molar-refractivity contribution in [3.8, 4) is 0 Å². The molecular formula is C14H9BrClFN2OS. The lowest BCUT2D eigenvalue weighted by atomic mass is 10.1. The minimum atomic E-state index is -0.523. The normalized spacial score (nSPS) is 10.2. The van der Waals surface area contributed by atoms with E-state index in [4.69, 9.17) is 29.6 Å². The first kappa shape index (κ1) is 15.9. The molecule has 0 atom stereocenters. The number of thiocarbonyl (C=S) groups is 1. The number of carbonyl (C=O) groups is 1. The molecule has 2 aromatic carbocycles. The van der Waals surface area contributed by atoms with Crippen LogP contribution >= 0.6 is 39.7 Å². The lowest BCUT2D eigenvalue weighted by Gasteiger charge is -2.10. The van der Waals surface area contributed by atoms with E-state index >= 15 is 0 Å². The minimum absolute atomic E-state index is 0.0872. The summed E-state index contributed by atoms with van der Waals surface area (Å²) in [7, 11) is 0. The van der Waals surface area contributed by atoms with E-state index in [2.05, 4.69) is 21.2 Å². The fourth-order valence-corrected chi connectivity index (χ4v) is 2.38. The van der Waals surface area contributed by atoms with Gasteiger partial charge in [0, 0.05) is 5.56 Å². The van der Waals surface area contributed by atoms with Gasteiger partial charge in [-0.1, -0.05) is 36.0 Å². The van der Waals surface area contributed by atoms with Crippen LogP contribution in [0.15, 0.2) is 40.9 Å². The molecule has 0 radical (unpaired) electrons. The standard InChI is InChI=1S/C14H9BrClFN2OS/c15-12-8(2-1-3-10(12)17)14(20)19-11-6-7(13(18)21)4-5-9(11)16/h1-6H,(H2,18,21)(H,19,20). The largest absolute Gasteiger partial charge is 0.389 e. The summed E-state index contributed by atoms with van der Waals surface area (Å²) in [5.74, 6) is -1.02. The number of nitrogens with one attached hydrogen (secondary N) is 1. The highest BCUT2D eigenvalue weighted by Crippen LogP contribution is 2.26. The van der Waals surface area contributed by atoms with Crippen LogP contribution in [-0.4, -0.2) is 10.9 Å². The second-order valence-corrected chi connectivity index (χ2v) is 5.75. The van der Waals surface area contributed by atoms with Crippen LogP contribution in [0, 0.1) is 5.82 Å². The van der Waals surface area contributed by atoms with Crippen LogP contribution in [0.4, 0.5) is 10.1 Å². The second kappa shape index (κ2) is 6.51. The van der Waals surface area contributed by atoms with Crippen LogP contribution < -0.4 is 11.1 Å². The lowest BCUT2D eigenvalue weighted by Crippen LogP contribution is -2.15. The average Bonchev–Trinajstić information content (AvgIpc) is 2.43. The molecule has 2 rings (SSSR count). The lowest BCUT2D eigenvalue weighted by molar-refractivity contribution is 0.102. The van der Waals surface area contributed by atoms with Gasteiger partial charge in [0.1, 0.15) is 10.8 Å². The zero-order chi connectivity index (χ0) is 15.6. The molecular weight excluding hydrogens is 379 g/mol. The van der Waals surface area contributed by atoms with Gasteiger partial charge in [-0.15, -0.1) is 0 Å². The zero-order valence-electron chi connectivity index (χ0n) is 10.5. The van der Waals surface area contributed by atoms with Gasteiger partial charge in [0.2, 0.25) is 0 Å². The molecule has 0 saturated heterocycles. The SMILES string of the molecule is NC(=S)c1ccc(Cl)c(NC(=O)c2cccc(F)c2Br)c1. The molecule has 21 heavy (non-hydrogen) atoms. The van der Waals surface area contributed by atoms with Gasteiger partial charge >= 0.3 is 0 Å². The Morgan fingerprint density at radius 1 is 1.33 bits per heavy atom. The number of amides is 1. The summed E-state index contributed by atoms with van der Waals surface area (Å²) in [6, 6.07) is 8.98. The van der Waals surface area contributed by atoms with Gasteiger partial charge < -0.3 is 11.1 Å². The van der Waals surface area contributed by atoms with Crippen molar-refractivity contribution in [2.75, 3.05) is 5.32 Å². The topological polar surface area (TPSA) is 55.1 Å². The molecule has 0 bridgehead atoms. The average molecular weight is 388 g/mol. The van der Waals surface area contributed by atoms with Gasteiger partial charge in [0.25, 0.3) is 5.91 Å². The molecule has 0 aliphatic carbocycles. The Bertz CT molecular complexity index is 739. The number of nitrogens with two attached hydrogens (primary N) is 1. The predicted molar refractivity (Wildman–Crippen MR) is 89.4 cm³/mol. The molecule has 1 amide bonds. The molecule has 0 saturated carbocycles. The van der Waals surface area contributed by atoms with Crippen molar-refractivity contribution in [2.24, 2.45) is 5.73 Å². The fourth-order valence-electron chi connectivity index (χ4n) is 1.64. The zero-order valence-corrected chi connectivity index (χ0v) is 13.7. The van der Waals surface area contributed by atoms with Gasteiger partial charge in [0.05, 0.1) is 20.7 Å². The van der Waals surface area contributed by atoms with Crippen molar-refractivity contribution in [3.05, 3.63) is 62.8 Å². The number of carbonyl (C=O) groups excluding carboxylic acids is 1. The fraction of sp³-hybridized carbons (Fsp3) is 0. The van der Waals surface area contributed by atoms with Crippen LogP contribution in [0.5, 0.6) is 0 Å². The highest BCUT2D eigenvalue weighted by atomic mass is 79.9. The van der Waals surface area contributed by atoms with E-state index in [1.165, 1.54) is 18.2 Å². The van der Waals surface area contributed by atoms with Gasteiger partial charge in [-0.3, -0.25) is 4.79 Å². The van der Waals surface area contributed by atoms with Crippen molar-refractivity contribution in [2.45, 2.75) is 0 Å². The van der Waals surface area contributed by atoms with Gasteiger partial charge in [-0.2, -0.15) is 0 Å². The second-order valence-electron chi connectivity index (χ2n) is 4.11. The van der Waals surface area contributed by atoms with E-state index in [-0.39, 0.29) is 15.0 Å². The highest BCUT2D eigenvalue weighted by molar-refractivity contribution is 9.10. The molecule has 0 fully saturated rings. The first-order chi connectivity index (χ1) is 9.90. The molecule has 108 valence electrons. The molecule has 3 N–H and O–H groups in total. The Labute approximate surface area is 139 Å². The number of hydrogen-bond donors (Lipinski definition) is 2. The molecule has 0 aromatic heterocycles. The van der Waals surface area contributed by atoms with Gasteiger partial charge in [-0.05, 0) is 40.2 Å². The number of anilines is 1. The highest BCUT2D eigenvalue weighted by Gasteiger charge is 2.15. The van der Waals surface area contributed by atoms with E-state index in [0.29, 0.717) is 16.3 Å². The summed E-state index contributed by atoms with van der Waals surface area (Å²) in [6.07, 6.45) is 0. The maximum atomic E-state index is 13.4. The van der Waals surface area contributed by atoms with Crippen molar-refractivity contribution >= 4 is 56.3 Å². The number of halogens is 3. The monoisotopic (exact) mass is 386 g/mol. The molecule has 0 aliphatic rings. The van der Waals surface area contributed by atoms with E-state index in [1.807, 2.05) is 0 Å². The molecule has 0 aliphatic heterocycles. The molecule has 7 heteroatoms. The Morgan fingerprint density at radius 3 is 2.71 bits per heavy atom. The summed E-state index contributed by atoms with van der Waals surface area (Å²) < 4.78 is 13.5. The number of rotatable bonds is 3. The quantitative estimate of drug-likeness (QED) is 0.779. The summed E-state index contributed by atoms with van der Waals surface area (Å²) in [6.45, 7) is 0. The van der Waals surface area contributed by atoms with E-state index in [1.54, 1.807) is 18.2 Å². The van der Waals surface area contributed by atoms with Crippen LogP contribution in [0.1, 0.15) is 15.9 Å². The predicted octanol–water partition coefficient (Wildman–Crippen LogP) is 4.13. The molecule has 2 aromatic rings. The van der Waals surface area contributed by atoms with E-state index < -0.39 is 11.7 Å².